The summed E-state index contributed by atoms with van der Waals surface area (Å²) in [5, 5.41) is 1.65. The fourth-order valence-corrected chi connectivity index (χ4v) is 5.38. The second kappa shape index (κ2) is 7.50. The van der Waals surface area contributed by atoms with Crippen molar-refractivity contribution in [3.05, 3.63) is 52.5 Å². The molecule has 1 saturated heterocycles. The molecule has 0 spiro atoms. The molecule has 0 unspecified atom stereocenters. The maximum Gasteiger partial charge on any atom is 0.254 e. The molecule has 3 heterocycles. The minimum absolute atomic E-state index is 0.0154. The zero-order valence-electron chi connectivity index (χ0n) is 17.4. The van der Waals surface area contributed by atoms with E-state index in [1.54, 1.807) is 29.5 Å². The van der Waals surface area contributed by atoms with Gasteiger partial charge in [0.15, 0.2) is 10.9 Å². The Bertz CT molecular complexity index is 1200. The Labute approximate surface area is 189 Å². The lowest BCUT2D eigenvalue weighted by Gasteiger charge is -2.35. The summed E-state index contributed by atoms with van der Waals surface area (Å²) in [7, 11) is 0. The summed E-state index contributed by atoms with van der Waals surface area (Å²) in [4.78, 5) is 34.3. The molecule has 0 bridgehead atoms. The van der Waals surface area contributed by atoms with Gasteiger partial charge in [-0.05, 0) is 50.2 Å². The van der Waals surface area contributed by atoms with Crippen molar-refractivity contribution in [1.82, 2.24) is 9.88 Å². The molecule has 3 aromatic rings. The molecule has 5 rings (SSSR count). The summed E-state index contributed by atoms with van der Waals surface area (Å²) in [6, 6.07) is 10.9. The van der Waals surface area contributed by atoms with Crippen LogP contribution >= 0.6 is 22.9 Å². The van der Waals surface area contributed by atoms with Gasteiger partial charge in [-0.2, -0.15) is 0 Å². The molecule has 0 atom stereocenters. The second-order valence-corrected chi connectivity index (χ2v) is 10.0. The third-order valence-electron chi connectivity index (χ3n) is 5.68. The number of ether oxygens (including phenoxy) is 1. The van der Waals surface area contributed by atoms with Crippen LogP contribution in [0.15, 0.2) is 36.4 Å². The summed E-state index contributed by atoms with van der Waals surface area (Å²) in [5.74, 6) is 0.511. The minimum Gasteiger partial charge on any atom is -0.487 e. The van der Waals surface area contributed by atoms with Crippen LogP contribution in [0.2, 0.25) is 5.02 Å². The third-order valence-corrected chi connectivity index (χ3v) is 6.99. The predicted octanol–water partition coefficient (Wildman–Crippen LogP) is 4.66. The van der Waals surface area contributed by atoms with Gasteiger partial charge in [0.05, 0.1) is 22.2 Å². The van der Waals surface area contributed by atoms with Gasteiger partial charge in [-0.1, -0.05) is 22.9 Å². The molecule has 31 heavy (non-hydrogen) atoms. The number of fused-ring (bicyclic) bond motifs is 2. The third kappa shape index (κ3) is 3.88. The van der Waals surface area contributed by atoms with Gasteiger partial charge in [0.2, 0.25) is 0 Å². The molecule has 1 fully saturated rings. The monoisotopic (exact) mass is 455 g/mol. The topological polar surface area (TPSA) is 62.7 Å². The highest BCUT2D eigenvalue weighted by molar-refractivity contribution is 7.22. The first kappa shape index (κ1) is 20.3. The van der Waals surface area contributed by atoms with Crippen LogP contribution in [-0.4, -0.2) is 53.4 Å². The number of carbonyl (C=O) groups excluding carboxylic acids is 2. The number of hydrogen-bond acceptors (Lipinski definition) is 6. The van der Waals surface area contributed by atoms with Crippen molar-refractivity contribution in [1.29, 1.82) is 0 Å². The van der Waals surface area contributed by atoms with Crippen molar-refractivity contribution in [2.24, 2.45) is 0 Å². The van der Waals surface area contributed by atoms with Crippen LogP contribution in [0, 0.1) is 0 Å². The van der Waals surface area contributed by atoms with Gasteiger partial charge in [0.25, 0.3) is 5.91 Å². The number of aromatic nitrogens is 1. The summed E-state index contributed by atoms with van der Waals surface area (Å²) < 4.78 is 6.96. The number of amides is 1. The average Bonchev–Trinajstić information content (AvgIpc) is 3.15. The van der Waals surface area contributed by atoms with Gasteiger partial charge in [0.1, 0.15) is 11.4 Å². The molecule has 0 aliphatic carbocycles. The number of anilines is 1. The highest BCUT2D eigenvalue weighted by Gasteiger charge is 2.33. The van der Waals surface area contributed by atoms with E-state index in [1.165, 1.54) is 0 Å². The van der Waals surface area contributed by atoms with Gasteiger partial charge >= 0.3 is 0 Å². The Kier molecular flexibility index (Phi) is 4.90. The van der Waals surface area contributed by atoms with Crippen molar-refractivity contribution in [2.45, 2.75) is 25.9 Å². The van der Waals surface area contributed by atoms with E-state index < -0.39 is 5.60 Å². The number of piperazine rings is 1. The zero-order chi connectivity index (χ0) is 21.8. The number of hydrogen-bond donors (Lipinski definition) is 0. The molecular formula is C23H22ClN3O3S. The van der Waals surface area contributed by atoms with Crippen LogP contribution in [0.5, 0.6) is 5.75 Å². The molecule has 1 amide bonds. The van der Waals surface area contributed by atoms with E-state index in [-0.39, 0.29) is 11.7 Å². The van der Waals surface area contributed by atoms with Crippen LogP contribution < -0.4 is 9.64 Å². The number of halogens is 1. The summed E-state index contributed by atoms with van der Waals surface area (Å²) in [5.41, 5.74) is 1.44. The maximum atomic E-state index is 13.1. The van der Waals surface area contributed by atoms with Crippen LogP contribution in [0.3, 0.4) is 0 Å². The Morgan fingerprint density at radius 3 is 2.68 bits per heavy atom. The van der Waals surface area contributed by atoms with Gasteiger partial charge in [0, 0.05) is 36.8 Å². The lowest BCUT2D eigenvalue weighted by Crippen LogP contribution is -2.48. The van der Waals surface area contributed by atoms with Gasteiger partial charge < -0.3 is 14.5 Å². The molecule has 8 heteroatoms. The summed E-state index contributed by atoms with van der Waals surface area (Å²) in [6.45, 7) is 6.41. The Morgan fingerprint density at radius 2 is 1.90 bits per heavy atom. The van der Waals surface area contributed by atoms with Crippen LogP contribution in [0.1, 0.15) is 41.0 Å². The van der Waals surface area contributed by atoms with Crippen molar-refractivity contribution in [3.8, 4) is 5.75 Å². The Balaban J connectivity index is 1.29. The van der Waals surface area contributed by atoms with E-state index in [2.05, 4.69) is 4.90 Å². The Morgan fingerprint density at radius 1 is 1.13 bits per heavy atom. The molecule has 0 N–H and O–H groups in total. The number of Topliss-reactive ketones (excluding diaryl/α,β-unsaturated/α-hetero) is 1. The fourth-order valence-electron chi connectivity index (χ4n) is 4.09. The first-order valence-electron chi connectivity index (χ1n) is 10.3. The molecule has 0 radical (unpaired) electrons. The smallest absolute Gasteiger partial charge is 0.254 e. The minimum atomic E-state index is -0.516. The van der Waals surface area contributed by atoms with Crippen LogP contribution in [0.4, 0.5) is 5.13 Å². The molecular weight excluding hydrogens is 434 g/mol. The lowest BCUT2D eigenvalue weighted by atomic mass is 9.92. The van der Waals surface area contributed by atoms with Crippen molar-refractivity contribution in [2.75, 3.05) is 31.1 Å². The molecule has 6 nitrogen and oxygen atoms in total. The Hall–Kier alpha value is -2.64. The highest BCUT2D eigenvalue weighted by Crippen LogP contribution is 2.34. The second-order valence-electron chi connectivity index (χ2n) is 8.56. The van der Waals surface area contributed by atoms with Crippen molar-refractivity contribution < 1.29 is 14.3 Å². The lowest BCUT2D eigenvalue weighted by molar-refractivity contribution is 0.0619. The maximum absolute atomic E-state index is 13.1. The first-order chi connectivity index (χ1) is 14.8. The SMILES string of the molecule is CC1(C)CC(=O)c2cc(C(=O)N3CCN(c4nc5ccc(Cl)cc5s4)CC3)ccc2O1. The first-order valence-corrected chi connectivity index (χ1v) is 11.5. The number of benzene rings is 2. The van der Waals surface area contributed by atoms with E-state index in [0.717, 1.165) is 15.3 Å². The number of nitrogens with zero attached hydrogens (tertiary/aromatic N) is 3. The average molecular weight is 456 g/mol. The fraction of sp³-hybridized carbons (Fsp3) is 0.348. The summed E-state index contributed by atoms with van der Waals surface area (Å²) >= 11 is 7.70. The number of thiazole rings is 1. The quantitative estimate of drug-likeness (QED) is 0.562. The highest BCUT2D eigenvalue weighted by atomic mass is 35.5. The van der Waals surface area contributed by atoms with E-state index in [4.69, 9.17) is 21.3 Å². The van der Waals surface area contributed by atoms with Crippen LogP contribution in [-0.2, 0) is 0 Å². The van der Waals surface area contributed by atoms with Gasteiger partial charge in [-0.15, -0.1) is 0 Å². The van der Waals surface area contributed by atoms with E-state index in [0.29, 0.717) is 54.5 Å². The molecule has 2 aliphatic rings. The zero-order valence-corrected chi connectivity index (χ0v) is 18.9. The number of rotatable bonds is 2. The largest absolute Gasteiger partial charge is 0.487 e. The van der Waals surface area contributed by atoms with Crippen LogP contribution in [0.25, 0.3) is 10.2 Å². The van der Waals surface area contributed by atoms with E-state index in [9.17, 15) is 9.59 Å². The number of carbonyl (C=O) groups is 2. The predicted molar refractivity (Wildman–Crippen MR) is 123 cm³/mol. The standard InChI is InChI=1S/C23H22ClN3O3S/c1-23(2)13-18(28)16-11-14(3-6-19(16)30-23)21(29)26-7-9-27(10-8-26)22-25-17-5-4-15(24)12-20(17)31-22/h3-6,11-12H,7-10,13H2,1-2H3. The van der Waals surface area contributed by atoms with Crippen molar-refractivity contribution in [3.63, 3.8) is 0 Å². The molecule has 1 aromatic heterocycles. The van der Waals surface area contributed by atoms with E-state index in [1.807, 2.05) is 36.9 Å². The molecule has 0 saturated carbocycles. The molecule has 160 valence electrons. The normalized spacial score (nSPS) is 18.1. The molecule has 2 aromatic carbocycles. The summed E-state index contributed by atoms with van der Waals surface area (Å²) in [6.07, 6.45) is 0.309. The number of ketones is 1. The van der Waals surface area contributed by atoms with Gasteiger partial charge in [-0.3, -0.25) is 9.59 Å². The van der Waals surface area contributed by atoms with Gasteiger partial charge in [-0.25, -0.2) is 4.98 Å². The van der Waals surface area contributed by atoms with Crippen molar-refractivity contribution >= 4 is 50.0 Å². The van der Waals surface area contributed by atoms with E-state index >= 15 is 0 Å². The molecule has 2 aliphatic heterocycles.